The number of rotatable bonds is 7. The molecule has 0 aliphatic rings. The summed E-state index contributed by atoms with van der Waals surface area (Å²) < 4.78 is 42.3. The van der Waals surface area contributed by atoms with Crippen LogP contribution >= 0.6 is 0 Å². The number of alkyl halides is 3. The maximum absolute atomic E-state index is 12.6. The smallest absolute Gasteiger partial charge is 0.387 e. The fraction of sp³-hybridized carbons (Fsp3) is 0.286. The number of nitrogens with zero attached hydrogens (tertiary/aromatic N) is 3. The van der Waals surface area contributed by atoms with Crippen LogP contribution in [-0.2, 0) is 4.79 Å². The summed E-state index contributed by atoms with van der Waals surface area (Å²) in [5.41, 5.74) is 0.474. The molecule has 1 aromatic heterocycles. The molecule has 2 rings (SSSR count). The highest BCUT2D eigenvalue weighted by molar-refractivity contribution is 5.95. The van der Waals surface area contributed by atoms with Crippen molar-refractivity contribution in [3.05, 3.63) is 35.7 Å². The topological polar surface area (TPSA) is 106 Å². The number of aromatic nitrogens is 3. The van der Waals surface area contributed by atoms with Gasteiger partial charge in [0.1, 0.15) is 12.4 Å². The van der Waals surface area contributed by atoms with E-state index in [1.807, 2.05) is 5.32 Å². The molecular formula is C14H13F3N4O4. The van der Waals surface area contributed by atoms with E-state index in [2.05, 4.69) is 15.0 Å². The maximum atomic E-state index is 12.6. The van der Waals surface area contributed by atoms with Gasteiger partial charge < -0.3 is 15.2 Å². The van der Waals surface area contributed by atoms with Crippen LogP contribution in [-0.4, -0.2) is 51.3 Å². The number of carboxylic acid groups (broad SMARTS) is 1. The highest BCUT2D eigenvalue weighted by Gasteiger charge is 2.24. The molecular weight excluding hydrogens is 345 g/mol. The van der Waals surface area contributed by atoms with Crippen LogP contribution in [0.3, 0.4) is 0 Å². The van der Waals surface area contributed by atoms with Crippen molar-refractivity contribution in [1.29, 1.82) is 0 Å². The molecule has 1 unspecified atom stereocenters. The summed E-state index contributed by atoms with van der Waals surface area (Å²) >= 11 is 0. The van der Waals surface area contributed by atoms with Gasteiger partial charge in [-0.3, -0.25) is 4.79 Å². The molecule has 0 saturated carbocycles. The average Bonchev–Trinajstić information content (AvgIpc) is 2.94. The molecule has 25 heavy (non-hydrogen) atoms. The van der Waals surface area contributed by atoms with Crippen LogP contribution in [0.2, 0.25) is 0 Å². The van der Waals surface area contributed by atoms with Crippen molar-refractivity contribution in [2.24, 2.45) is 0 Å². The Morgan fingerprint density at radius 1 is 1.32 bits per heavy atom. The van der Waals surface area contributed by atoms with Gasteiger partial charge in [-0.1, -0.05) is 5.21 Å². The first-order chi connectivity index (χ1) is 11.8. The summed E-state index contributed by atoms with van der Waals surface area (Å²) in [4.78, 5) is 22.8. The molecule has 2 aromatic rings. The van der Waals surface area contributed by atoms with Gasteiger partial charge in [0, 0.05) is 0 Å². The number of carboxylic acids is 1. The van der Waals surface area contributed by atoms with Gasteiger partial charge in [0.15, 0.2) is 11.7 Å². The molecule has 0 aliphatic carbocycles. The Morgan fingerprint density at radius 2 is 1.96 bits per heavy atom. The van der Waals surface area contributed by atoms with E-state index in [4.69, 9.17) is 5.11 Å². The van der Waals surface area contributed by atoms with Gasteiger partial charge >= 0.3 is 12.6 Å². The van der Waals surface area contributed by atoms with Crippen LogP contribution in [0.25, 0.3) is 5.69 Å². The predicted molar refractivity (Wildman–Crippen MR) is 77.6 cm³/mol. The molecule has 0 saturated heterocycles. The summed E-state index contributed by atoms with van der Waals surface area (Å²) in [5, 5.41) is 18.1. The van der Waals surface area contributed by atoms with Gasteiger partial charge in [0.25, 0.3) is 5.91 Å². The molecule has 11 heteroatoms. The number of amides is 1. The van der Waals surface area contributed by atoms with E-state index < -0.39 is 31.2 Å². The lowest BCUT2D eigenvalue weighted by Gasteiger charge is -2.10. The minimum absolute atomic E-state index is 0.0540. The standard InChI is InChI=1S/C14H13F3N4O4/c1-7-11(12(22)18-10(6-15)13(23)24)19-20-21(7)8-2-4-9(5-3-8)25-14(16)17/h2-5,10,14H,6H2,1H3,(H,18,22)(H,23,24). The van der Waals surface area contributed by atoms with E-state index in [-0.39, 0.29) is 17.1 Å². The molecule has 1 atom stereocenters. The zero-order valence-electron chi connectivity index (χ0n) is 12.8. The number of hydrogen-bond acceptors (Lipinski definition) is 5. The Bertz CT molecular complexity index is 764. The average molecular weight is 358 g/mol. The van der Waals surface area contributed by atoms with Crippen LogP contribution in [0.5, 0.6) is 5.75 Å². The van der Waals surface area contributed by atoms with Crippen molar-refractivity contribution in [1.82, 2.24) is 20.3 Å². The van der Waals surface area contributed by atoms with Gasteiger partial charge in [-0.15, -0.1) is 5.10 Å². The number of halogens is 3. The van der Waals surface area contributed by atoms with Gasteiger partial charge in [-0.05, 0) is 31.2 Å². The Kier molecular flexibility index (Phi) is 5.57. The SMILES string of the molecule is Cc1c(C(=O)NC(CF)C(=O)O)nnn1-c1ccc(OC(F)F)cc1. The fourth-order valence-corrected chi connectivity index (χ4v) is 1.95. The lowest BCUT2D eigenvalue weighted by molar-refractivity contribution is -0.139. The van der Waals surface area contributed by atoms with Crippen LogP contribution < -0.4 is 10.1 Å². The molecule has 134 valence electrons. The Balaban J connectivity index is 2.20. The van der Waals surface area contributed by atoms with E-state index in [1.54, 1.807) is 0 Å². The van der Waals surface area contributed by atoms with Crippen LogP contribution in [0.1, 0.15) is 16.2 Å². The second kappa shape index (κ2) is 7.64. The van der Waals surface area contributed by atoms with E-state index in [0.717, 1.165) is 0 Å². The Labute approximate surface area is 139 Å². The minimum Gasteiger partial charge on any atom is -0.480 e. The summed E-state index contributed by atoms with van der Waals surface area (Å²) in [6.45, 7) is -2.74. The number of ether oxygens (including phenoxy) is 1. The van der Waals surface area contributed by atoms with Gasteiger partial charge in [0.05, 0.1) is 11.4 Å². The highest BCUT2D eigenvalue weighted by atomic mass is 19.3. The number of carbonyl (C=O) groups excluding carboxylic acids is 1. The number of benzene rings is 1. The summed E-state index contributed by atoms with van der Waals surface area (Å²) in [5.74, 6) is -2.47. The molecule has 2 N–H and O–H groups in total. The van der Waals surface area contributed by atoms with Crippen molar-refractivity contribution < 1.29 is 32.6 Å². The third-order valence-electron chi connectivity index (χ3n) is 3.17. The molecule has 0 radical (unpaired) electrons. The third kappa shape index (κ3) is 4.25. The van der Waals surface area contributed by atoms with Crippen molar-refractivity contribution in [2.75, 3.05) is 6.67 Å². The quantitative estimate of drug-likeness (QED) is 0.773. The van der Waals surface area contributed by atoms with E-state index in [0.29, 0.717) is 5.69 Å². The third-order valence-corrected chi connectivity index (χ3v) is 3.17. The van der Waals surface area contributed by atoms with Gasteiger partial charge in [-0.2, -0.15) is 8.78 Å². The van der Waals surface area contributed by atoms with Crippen molar-refractivity contribution in [3.8, 4) is 11.4 Å². The normalized spacial score (nSPS) is 12.0. The van der Waals surface area contributed by atoms with E-state index >= 15 is 0 Å². The molecule has 1 heterocycles. The summed E-state index contributed by atoms with van der Waals surface area (Å²) in [6, 6.07) is 3.71. The number of hydrogen-bond donors (Lipinski definition) is 2. The summed E-state index contributed by atoms with van der Waals surface area (Å²) in [7, 11) is 0. The molecule has 8 nitrogen and oxygen atoms in total. The molecule has 1 aromatic carbocycles. The Morgan fingerprint density at radius 3 is 2.48 bits per heavy atom. The van der Waals surface area contributed by atoms with Gasteiger partial charge in [-0.25, -0.2) is 13.9 Å². The predicted octanol–water partition coefficient (Wildman–Crippen LogP) is 1.33. The number of nitrogens with one attached hydrogen (secondary N) is 1. The lowest BCUT2D eigenvalue weighted by Crippen LogP contribution is -2.42. The molecule has 1 amide bonds. The van der Waals surface area contributed by atoms with Crippen molar-refractivity contribution >= 4 is 11.9 Å². The first-order valence-electron chi connectivity index (χ1n) is 6.90. The van der Waals surface area contributed by atoms with Crippen molar-refractivity contribution in [2.45, 2.75) is 19.6 Å². The second-order valence-electron chi connectivity index (χ2n) is 4.83. The fourth-order valence-electron chi connectivity index (χ4n) is 1.95. The van der Waals surface area contributed by atoms with Crippen molar-refractivity contribution in [3.63, 3.8) is 0 Å². The maximum Gasteiger partial charge on any atom is 0.387 e. The van der Waals surface area contributed by atoms with E-state index in [9.17, 15) is 22.8 Å². The zero-order valence-corrected chi connectivity index (χ0v) is 12.8. The Hall–Kier alpha value is -3.11. The zero-order chi connectivity index (χ0) is 18.6. The molecule has 0 bridgehead atoms. The number of carbonyl (C=O) groups is 2. The highest BCUT2D eigenvalue weighted by Crippen LogP contribution is 2.18. The lowest BCUT2D eigenvalue weighted by atomic mass is 10.2. The van der Waals surface area contributed by atoms with Crippen LogP contribution in [0.4, 0.5) is 13.2 Å². The molecule has 0 fully saturated rings. The molecule has 0 aliphatic heterocycles. The summed E-state index contributed by atoms with van der Waals surface area (Å²) in [6.07, 6.45) is 0. The molecule has 0 spiro atoms. The number of aliphatic carboxylic acids is 1. The van der Waals surface area contributed by atoms with Gasteiger partial charge in [0.2, 0.25) is 0 Å². The van der Waals surface area contributed by atoms with E-state index in [1.165, 1.54) is 35.9 Å². The van der Waals surface area contributed by atoms with Crippen LogP contribution in [0.15, 0.2) is 24.3 Å². The second-order valence-corrected chi connectivity index (χ2v) is 4.83. The first kappa shape index (κ1) is 18.2. The van der Waals surface area contributed by atoms with Crippen LogP contribution in [0, 0.1) is 6.92 Å². The minimum atomic E-state index is -2.95. The first-order valence-corrected chi connectivity index (χ1v) is 6.90. The monoisotopic (exact) mass is 358 g/mol. The largest absolute Gasteiger partial charge is 0.480 e.